The molecule has 1 aliphatic rings. The van der Waals surface area contributed by atoms with E-state index in [4.69, 9.17) is 0 Å². The Morgan fingerprint density at radius 1 is 1.29 bits per heavy atom. The van der Waals surface area contributed by atoms with Crippen molar-refractivity contribution >= 4 is 15.9 Å². The Morgan fingerprint density at radius 3 is 2.48 bits per heavy atom. The first-order chi connectivity index (χ1) is 10.0. The minimum Gasteiger partial charge on any atom is -0.389 e. The summed E-state index contributed by atoms with van der Waals surface area (Å²) in [6.07, 6.45) is 6.50. The van der Waals surface area contributed by atoms with E-state index in [2.05, 4.69) is 59.4 Å². The normalized spacial score (nSPS) is 27.5. The second-order valence-electron chi connectivity index (χ2n) is 6.69. The Bertz CT molecular complexity index is 423. The Kier molecular flexibility index (Phi) is 6.27. The fourth-order valence-electron chi connectivity index (χ4n) is 3.21. The third-order valence-electron chi connectivity index (χ3n) is 4.85. The van der Waals surface area contributed by atoms with Gasteiger partial charge >= 0.3 is 0 Å². The Morgan fingerprint density at radius 2 is 1.90 bits per heavy atom. The fourth-order valence-corrected chi connectivity index (χ4v) is 3.47. The second kappa shape index (κ2) is 7.75. The van der Waals surface area contributed by atoms with Gasteiger partial charge in [0.05, 0.1) is 5.60 Å². The van der Waals surface area contributed by atoms with E-state index in [9.17, 15) is 5.11 Å². The highest BCUT2D eigenvalue weighted by atomic mass is 79.9. The third-order valence-corrected chi connectivity index (χ3v) is 5.38. The lowest BCUT2D eigenvalue weighted by atomic mass is 9.78. The van der Waals surface area contributed by atoms with Crippen molar-refractivity contribution in [2.45, 2.75) is 64.0 Å². The number of halogens is 1. The number of aliphatic hydroxyl groups is 1. The molecule has 2 N–H and O–H groups in total. The van der Waals surface area contributed by atoms with E-state index in [1.807, 2.05) is 0 Å². The van der Waals surface area contributed by atoms with E-state index in [-0.39, 0.29) is 0 Å². The maximum Gasteiger partial charge on any atom is 0.0771 e. The van der Waals surface area contributed by atoms with Gasteiger partial charge in [0.2, 0.25) is 0 Å². The van der Waals surface area contributed by atoms with E-state index >= 15 is 0 Å². The lowest BCUT2D eigenvalue weighted by Gasteiger charge is -2.36. The van der Waals surface area contributed by atoms with Gasteiger partial charge in [-0.2, -0.15) is 0 Å². The molecule has 1 aliphatic carbocycles. The zero-order chi connectivity index (χ0) is 15.3. The molecule has 21 heavy (non-hydrogen) atoms. The quantitative estimate of drug-likeness (QED) is 0.798. The average molecular weight is 354 g/mol. The molecule has 1 atom stereocenters. The number of benzene rings is 1. The molecule has 2 rings (SSSR count). The van der Waals surface area contributed by atoms with Crippen LogP contribution in [0.2, 0.25) is 0 Å². The molecule has 0 spiro atoms. The van der Waals surface area contributed by atoms with Gasteiger partial charge in [-0.05, 0) is 62.6 Å². The molecule has 0 radical (unpaired) electrons. The highest BCUT2D eigenvalue weighted by Crippen LogP contribution is 2.33. The molecule has 2 nitrogen and oxygen atoms in total. The molecule has 0 amide bonds. The van der Waals surface area contributed by atoms with Gasteiger partial charge in [0, 0.05) is 17.1 Å². The van der Waals surface area contributed by atoms with Crippen LogP contribution in [0.25, 0.3) is 0 Å². The lowest BCUT2D eigenvalue weighted by molar-refractivity contribution is -0.0102. The molecule has 0 saturated heterocycles. The van der Waals surface area contributed by atoms with E-state index in [1.54, 1.807) is 0 Å². The van der Waals surface area contributed by atoms with Gasteiger partial charge in [0.15, 0.2) is 0 Å². The molecular formula is C18H28BrNO. The first-order valence-corrected chi connectivity index (χ1v) is 9.00. The Hall–Kier alpha value is -0.380. The number of rotatable bonds is 6. The van der Waals surface area contributed by atoms with Crippen molar-refractivity contribution in [1.29, 1.82) is 0 Å². The maximum absolute atomic E-state index is 10.7. The molecule has 0 bridgehead atoms. The topological polar surface area (TPSA) is 32.3 Å². The summed E-state index contributed by atoms with van der Waals surface area (Å²) in [5.41, 5.74) is 0.847. The molecule has 1 saturated carbocycles. The smallest absolute Gasteiger partial charge is 0.0771 e. The van der Waals surface area contributed by atoms with Crippen molar-refractivity contribution in [2.75, 3.05) is 6.54 Å². The Labute approximate surface area is 137 Å². The van der Waals surface area contributed by atoms with Gasteiger partial charge in [0.1, 0.15) is 0 Å². The van der Waals surface area contributed by atoms with Crippen LogP contribution in [0.15, 0.2) is 28.7 Å². The minimum atomic E-state index is -0.486. The molecule has 118 valence electrons. The first kappa shape index (κ1) is 17.0. The molecule has 1 aromatic carbocycles. The summed E-state index contributed by atoms with van der Waals surface area (Å²) in [6.45, 7) is 5.18. The standard InChI is InChI=1S/C18H28BrNO/c1-3-15-8-10-18(21,11-9-15)13-20-14(2)12-16-4-6-17(19)7-5-16/h4-7,14-15,20-21H,3,8-13H2,1-2H3. The van der Waals surface area contributed by atoms with Crippen LogP contribution in [0.5, 0.6) is 0 Å². The first-order valence-electron chi connectivity index (χ1n) is 8.21. The van der Waals surface area contributed by atoms with Crippen molar-refractivity contribution in [3.8, 4) is 0 Å². The SMILES string of the molecule is CCC1CCC(O)(CNC(C)Cc2ccc(Br)cc2)CC1. The molecule has 0 aromatic heterocycles. The highest BCUT2D eigenvalue weighted by Gasteiger charge is 2.32. The summed E-state index contributed by atoms with van der Waals surface area (Å²) in [4.78, 5) is 0. The highest BCUT2D eigenvalue weighted by molar-refractivity contribution is 9.10. The predicted octanol–water partition coefficient (Wildman–Crippen LogP) is 4.30. The van der Waals surface area contributed by atoms with E-state index in [0.717, 1.165) is 36.2 Å². The average Bonchev–Trinajstić information content (AvgIpc) is 2.49. The summed E-state index contributed by atoms with van der Waals surface area (Å²) < 4.78 is 1.12. The monoisotopic (exact) mass is 353 g/mol. The predicted molar refractivity (Wildman–Crippen MR) is 92.5 cm³/mol. The van der Waals surface area contributed by atoms with Crippen LogP contribution >= 0.6 is 15.9 Å². The van der Waals surface area contributed by atoms with Crippen LogP contribution < -0.4 is 5.32 Å². The van der Waals surface area contributed by atoms with Crippen molar-refractivity contribution in [1.82, 2.24) is 5.32 Å². The van der Waals surface area contributed by atoms with Gasteiger partial charge in [0.25, 0.3) is 0 Å². The number of hydrogen-bond donors (Lipinski definition) is 2. The Balaban J connectivity index is 1.75. The van der Waals surface area contributed by atoms with Crippen LogP contribution in [-0.2, 0) is 6.42 Å². The van der Waals surface area contributed by atoms with Crippen molar-refractivity contribution in [2.24, 2.45) is 5.92 Å². The van der Waals surface area contributed by atoms with Crippen LogP contribution in [0.4, 0.5) is 0 Å². The summed E-state index contributed by atoms with van der Waals surface area (Å²) in [5, 5.41) is 14.2. The summed E-state index contributed by atoms with van der Waals surface area (Å²) in [7, 11) is 0. The summed E-state index contributed by atoms with van der Waals surface area (Å²) >= 11 is 3.46. The summed E-state index contributed by atoms with van der Waals surface area (Å²) in [5.74, 6) is 0.825. The largest absolute Gasteiger partial charge is 0.389 e. The molecule has 0 heterocycles. The molecule has 3 heteroatoms. The second-order valence-corrected chi connectivity index (χ2v) is 7.60. The maximum atomic E-state index is 10.7. The molecule has 1 fully saturated rings. The van der Waals surface area contributed by atoms with Crippen LogP contribution in [-0.4, -0.2) is 23.3 Å². The molecule has 0 aliphatic heterocycles. The van der Waals surface area contributed by atoms with Gasteiger partial charge < -0.3 is 10.4 Å². The molecular weight excluding hydrogens is 326 g/mol. The van der Waals surface area contributed by atoms with E-state index < -0.39 is 5.60 Å². The summed E-state index contributed by atoms with van der Waals surface area (Å²) in [6, 6.07) is 8.87. The number of nitrogens with one attached hydrogen (secondary N) is 1. The van der Waals surface area contributed by atoms with Crippen LogP contribution in [0.3, 0.4) is 0 Å². The molecule has 1 aromatic rings. The zero-order valence-corrected chi connectivity index (χ0v) is 14.8. The zero-order valence-electron chi connectivity index (χ0n) is 13.2. The van der Waals surface area contributed by atoms with Crippen molar-refractivity contribution in [3.05, 3.63) is 34.3 Å². The fraction of sp³-hybridized carbons (Fsp3) is 0.667. The van der Waals surface area contributed by atoms with E-state index in [0.29, 0.717) is 6.04 Å². The molecule has 1 unspecified atom stereocenters. The van der Waals surface area contributed by atoms with Crippen molar-refractivity contribution in [3.63, 3.8) is 0 Å². The van der Waals surface area contributed by atoms with Crippen molar-refractivity contribution < 1.29 is 5.11 Å². The van der Waals surface area contributed by atoms with Gasteiger partial charge in [-0.25, -0.2) is 0 Å². The van der Waals surface area contributed by atoms with Crippen LogP contribution in [0, 0.1) is 5.92 Å². The minimum absolute atomic E-state index is 0.388. The van der Waals surface area contributed by atoms with Gasteiger partial charge in [-0.15, -0.1) is 0 Å². The third kappa shape index (κ3) is 5.39. The lowest BCUT2D eigenvalue weighted by Crippen LogP contribution is -2.46. The van der Waals surface area contributed by atoms with Gasteiger partial charge in [-0.1, -0.05) is 41.4 Å². The van der Waals surface area contributed by atoms with Crippen LogP contribution in [0.1, 0.15) is 51.5 Å². The number of hydrogen-bond acceptors (Lipinski definition) is 2. The van der Waals surface area contributed by atoms with E-state index in [1.165, 1.54) is 24.8 Å². The van der Waals surface area contributed by atoms with Gasteiger partial charge in [-0.3, -0.25) is 0 Å².